The Morgan fingerprint density at radius 2 is 2.09 bits per heavy atom. The Labute approximate surface area is 135 Å². The van der Waals surface area contributed by atoms with Crippen LogP contribution in [0.4, 0.5) is 0 Å². The molecule has 22 heavy (non-hydrogen) atoms. The molecule has 1 fully saturated rings. The number of hydrogen-bond acceptors (Lipinski definition) is 5. The van der Waals surface area contributed by atoms with Crippen LogP contribution in [-0.2, 0) is 10.0 Å². The Morgan fingerprint density at radius 3 is 2.73 bits per heavy atom. The van der Waals surface area contributed by atoms with Crippen molar-refractivity contribution in [3.63, 3.8) is 0 Å². The van der Waals surface area contributed by atoms with E-state index in [1.54, 1.807) is 30.3 Å². The summed E-state index contributed by atoms with van der Waals surface area (Å²) in [6.45, 7) is 1.02. The van der Waals surface area contributed by atoms with Gasteiger partial charge in [-0.15, -0.1) is 12.4 Å². The van der Waals surface area contributed by atoms with Gasteiger partial charge in [-0.2, -0.15) is 4.31 Å². The Morgan fingerprint density at radius 1 is 1.32 bits per heavy atom. The molecule has 0 aliphatic carbocycles. The molecule has 1 aliphatic heterocycles. The van der Waals surface area contributed by atoms with Gasteiger partial charge in [0.15, 0.2) is 5.76 Å². The number of aromatic nitrogens is 1. The minimum absolute atomic E-state index is 0. The van der Waals surface area contributed by atoms with E-state index in [0.717, 1.165) is 6.42 Å². The molecule has 6 nitrogen and oxygen atoms in total. The van der Waals surface area contributed by atoms with Crippen molar-refractivity contribution in [3.8, 4) is 11.3 Å². The lowest BCUT2D eigenvalue weighted by Crippen LogP contribution is -2.33. The SMILES string of the molecule is CNC1CCN(S(=O)(=O)c2ccccc2-c2ccno2)C1.Cl. The summed E-state index contributed by atoms with van der Waals surface area (Å²) in [4.78, 5) is 0.263. The summed E-state index contributed by atoms with van der Waals surface area (Å²) in [5.41, 5.74) is 0.544. The molecule has 2 aromatic rings. The van der Waals surface area contributed by atoms with Gasteiger partial charge in [0.1, 0.15) is 0 Å². The number of likely N-dealkylation sites (N-methyl/N-ethyl adjacent to an activating group) is 1. The molecule has 1 aromatic heterocycles. The quantitative estimate of drug-likeness (QED) is 0.915. The van der Waals surface area contributed by atoms with Gasteiger partial charge in [-0.05, 0) is 25.6 Å². The maximum absolute atomic E-state index is 12.8. The van der Waals surface area contributed by atoms with Crippen molar-refractivity contribution >= 4 is 22.4 Å². The summed E-state index contributed by atoms with van der Waals surface area (Å²) in [6, 6.07) is 8.72. The first-order valence-corrected chi connectivity index (χ1v) is 8.24. The minimum atomic E-state index is -3.53. The molecule has 0 saturated carbocycles. The second-order valence-corrected chi connectivity index (χ2v) is 6.92. The van der Waals surface area contributed by atoms with Crippen molar-refractivity contribution in [2.24, 2.45) is 0 Å². The fourth-order valence-electron chi connectivity index (χ4n) is 2.57. The van der Waals surface area contributed by atoms with E-state index in [1.807, 2.05) is 7.05 Å². The molecule has 1 unspecified atom stereocenters. The molecule has 1 aliphatic rings. The fourth-order valence-corrected chi connectivity index (χ4v) is 4.27. The molecule has 0 radical (unpaired) electrons. The predicted molar refractivity (Wildman–Crippen MR) is 85.4 cm³/mol. The third-order valence-electron chi connectivity index (χ3n) is 3.77. The van der Waals surface area contributed by atoms with Gasteiger partial charge in [0, 0.05) is 30.8 Å². The lowest BCUT2D eigenvalue weighted by atomic mass is 10.2. The highest BCUT2D eigenvalue weighted by Gasteiger charge is 2.33. The van der Waals surface area contributed by atoms with Gasteiger partial charge in [-0.3, -0.25) is 0 Å². The van der Waals surface area contributed by atoms with Crippen LogP contribution in [0, 0.1) is 0 Å². The first-order chi connectivity index (χ1) is 10.1. The highest BCUT2D eigenvalue weighted by atomic mass is 35.5. The van der Waals surface area contributed by atoms with E-state index < -0.39 is 10.0 Å². The van der Waals surface area contributed by atoms with Crippen molar-refractivity contribution in [2.75, 3.05) is 20.1 Å². The van der Waals surface area contributed by atoms with Gasteiger partial charge in [-0.1, -0.05) is 17.3 Å². The predicted octanol–water partition coefficient (Wildman–Crippen LogP) is 1.75. The smallest absolute Gasteiger partial charge is 0.243 e. The van der Waals surface area contributed by atoms with Crippen molar-refractivity contribution in [2.45, 2.75) is 17.4 Å². The summed E-state index contributed by atoms with van der Waals surface area (Å²) in [5.74, 6) is 0.457. The first kappa shape index (κ1) is 17.0. The van der Waals surface area contributed by atoms with Crippen LogP contribution < -0.4 is 5.32 Å². The molecule has 0 bridgehead atoms. The van der Waals surface area contributed by atoms with Crippen LogP contribution >= 0.6 is 12.4 Å². The monoisotopic (exact) mass is 343 g/mol. The number of halogens is 1. The second kappa shape index (κ2) is 6.78. The van der Waals surface area contributed by atoms with E-state index in [-0.39, 0.29) is 23.3 Å². The number of hydrogen-bond donors (Lipinski definition) is 1. The molecule has 0 amide bonds. The maximum Gasteiger partial charge on any atom is 0.243 e. The fraction of sp³-hybridized carbons (Fsp3) is 0.357. The van der Waals surface area contributed by atoms with E-state index in [1.165, 1.54) is 10.5 Å². The largest absolute Gasteiger partial charge is 0.356 e. The average Bonchev–Trinajstić information content (AvgIpc) is 3.18. The van der Waals surface area contributed by atoms with E-state index in [2.05, 4.69) is 10.5 Å². The van der Waals surface area contributed by atoms with Crippen LogP contribution in [-0.4, -0.2) is 44.1 Å². The zero-order valence-electron chi connectivity index (χ0n) is 12.1. The lowest BCUT2D eigenvalue weighted by Gasteiger charge is -2.18. The highest BCUT2D eigenvalue weighted by molar-refractivity contribution is 7.89. The van der Waals surface area contributed by atoms with Gasteiger partial charge in [0.05, 0.1) is 11.1 Å². The Balaban J connectivity index is 0.00000176. The van der Waals surface area contributed by atoms with Gasteiger partial charge in [0.2, 0.25) is 10.0 Å². The van der Waals surface area contributed by atoms with Gasteiger partial charge in [0.25, 0.3) is 0 Å². The molecule has 1 atom stereocenters. The Bertz CT molecular complexity index is 719. The van der Waals surface area contributed by atoms with Crippen LogP contribution in [0.25, 0.3) is 11.3 Å². The molecule has 120 valence electrons. The van der Waals surface area contributed by atoms with E-state index in [4.69, 9.17) is 4.52 Å². The second-order valence-electron chi connectivity index (χ2n) is 5.01. The summed E-state index contributed by atoms with van der Waals surface area (Å²) < 4.78 is 32.3. The van der Waals surface area contributed by atoms with E-state index >= 15 is 0 Å². The molecule has 1 saturated heterocycles. The maximum atomic E-state index is 12.8. The molecule has 3 rings (SSSR count). The molecule has 8 heteroatoms. The van der Waals surface area contributed by atoms with E-state index in [9.17, 15) is 8.42 Å². The third kappa shape index (κ3) is 3.03. The Kier molecular flexibility index (Phi) is 5.23. The van der Waals surface area contributed by atoms with Gasteiger partial charge >= 0.3 is 0 Å². The molecule has 1 aromatic carbocycles. The summed E-state index contributed by atoms with van der Waals surface area (Å²) in [7, 11) is -1.68. The Hall–Kier alpha value is -1.41. The number of nitrogens with one attached hydrogen (secondary N) is 1. The summed E-state index contributed by atoms with van der Waals surface area (Å²) in [6.07, 6.45) is 2.33. The van der Waals surface area contributed by atoms with E-state index in [0.29, 0.717) is 24.4 Å². The van der Waals surface area contributed by atoms with Crippen molar-refractivity contribution in [1.82, 2.24) is 14.8 Å². The summed E-state index contributed by atoms with van der Waals surface area (Å²) in [5, 5.41) is 6.78. The van der Waals surface area contributed by atoms with Crippen LogP contribution in [0.2, 0.25) is 0 Å². The zero-order chi connectivity index (χ0) is 14.9. The number of sulfonamides is 1. The number of rotatable bonds is 4. The topological polar surface area (TPSA) is 75.4 Å². The first-order valence-electron chi connectivity index (χ1n) is 6.80. The van der Waals surface area contributed by atoms with Crippen molar-refractivity contribution in [1.29, 1.82) is 0 Å². The zero-order valence-corrected chi connectivity index (χ0v) is 13.7. The third-order valence-corrected chi connectivity index (χ3v) is 5.69. The molecule has 1 N–H and O–H groups in total. The lowest BCUT2D eigenvalue weighted by molar-refractivity contribution is 0.430. The average molecular weight is 344 g/mol. The minimum Gasteiger partial charge on any atom is -0.356 e. The number of benzene rings is 1. The normalized spacial score (nSPS) is 19.0. The molecular formula is C14H18ClN3O3S. The van der Waals surface area contributed by atoms with Crippen LogP contribution in [0.3, 0.4) is 0 Å². The molecular weight excluding hydrogens is 326 g/mol. The van der Waals surface area contributed by atoms with Gasteiger partial charge in [-0.25, -0.2) is 8.42 Å². The van der Waals surface area contributed by atoms with Crippen LogP contribution in [0.5, 0.6) is 0 Å². The molecule has 0 spiro atoms. The summed E-state index contributed by atoms with van der Waals surface area (Å²) >= 11 is 0. The number of nitrogens with zero attached hydrogens (tertiary/aromatic N) is 2. The molecule has 2 heterocycles. The van der Waals surface area contributed by atoms with Crippen molar-refractivity contribution < 1.29 is 12.9 Å². The standard InChI is InChI=1S/C14H17N3O3S.ClH/c1-15-11-7-9-17(10-11)21(18,19)14-5-3-2-4-12(14)13-6-8-16-20-13;/h2-6,8,11,15H,7,9-10H2,1H3;1H. The van der Waals surface area contributed by atoms with Crippen LogP contribution in [0.15, 0.2) is 45.9 Å². The van der Waals surface area contributed by atoms with Crippen LogP contribution in [0.1, 0.15) is 6.42 Å². The highest BCUT2D eigenvalue weighted by Crippen LogP contribution is 2.30. The van der Waals surface area contributed by atoms with Gasteiger partial charge < -0.3 is 9.84 Å². The van der Waals surface area contributed by atoms with Crippen molar-refractivity contribution in [3.05, 3.63) is 36.5 Å².